The van der Waals surface area contributed by atoms with Gasteiger partial charge in [0.2, 0.25) is 0 Å². The van der Waals surface area contributed by atoms with Gasteiger partial charge in [-0.2, -0.15) is 5.10 Å². The van der Waals surface area contributed by atoms with Gasteiger partial charge in [-0.1, -0.05) is 29.8 Å². The van der Waals surface area contributed by atoms with Crippen molar-refractivity contribution in [3.63, 3.8) is 0 Å². The molecule has 0 amide bonds. The number of aryl methyl sites for hydroxylation is 2. The van der Waals surface area contributed by atoms with E-state index in [4.69, 9.17) is 0 Å². The van der Waals surface area contributed by atoms with E-state index in [2.05, 4.69) is 47.3 Å². The number of aromatic nitrogens is 3. The monoisotopic (exact) mass is 223 g/mol. The summed E-state index contributed by atoms with van der Waals surface area (Å²) in [5.74, 6) is 0. The molecule has 1 aromatic carbocycles. The molecule has 0 aliphatic rings. The van der Waals surface area contributed by atoms with Crippen LogP contribution in [0.5, 0.6) is 0 Å². The van der Waals surface area contributed by atoms with Gasteiger partial charge in [0, 0.05) is 18.0 Å². The van der Waals surface area contributed by atoms with Crippen molar-refractivity contribution in [3.05, 3.63) is 54.0 Å². The zero-order valence-corrected chi connectivity index (χ0v) is 9.88. The van der Waals surface area contributed by atoms with Gasteiger partial charge in [0.25, 0.3) is 0 Å². The van der Waals surface area contributed by atoms with Gasteiger partial charge in [-0.05, 0) is 19.9 Å². The number of hydrogen-bond acceptors (Lipinski definition) is 2. The summed E-state index contributed by atoms with van der Waals surface area (Å²) in [4.78, 5) is 4.46. The van der Waals surface area contributed by atoms with Gasteiger partial charge in [0.05, 0.1) is 16.9 Å². The summed E-state index contributed by atoms with van der Waals surface area (Å²) in [5, 5.41) is 4.39. The topological polar surface area (TPSA) is 30.2 Å². The molecule has 0 atom stereocenters. The first kappa shape index (κ1) is 10.0. The summed E-state index contributed by atoms with van der Waals surface area (Å²) < 4.78 is 1.87. The number of benzene rings is 1. The molecule has 3 aromatic rings. The van der Waals surface area contributed by atoms with Gasteiger partial charge in [0.1, 0.15) is 0 Å². The zero-order valence-electron chi connectivity index (χ0n) is 9.88. The molecule has 0 aliphatic heterocycles. The van der Waals surface area contributed by atoms with Crippen molar-refractivity contribution < 1.29 is 0 Å². The Balaban J connectivity index is 2.26. The average molecular weight is 223 g/mol. The molecule has 84 valence electrons. The van der Waals surface area contributed by atoms with Crippen LogP contribution >= 0.6 is 0 Å². The summed E-state index contributed by atoms with van der Waals surface area (Å²) in [5.41, 5.74) is 5.42. The first-order valence-corrected chi connectivity index (χ1v) is 5.62. The third kappa shape index (κ3) is 1.69. The lowest BCUT2D eigenvalue weighted by atomic mass is 10.1. The Bertz CT molecular complexity index is 666. The van der Waals surface area contributed by atoms with Gasteiger partial charge in [-0.25, -0.2) is 4.52 Å². The fourth-order valence-electron chi connectivity index (χ4n) is 1.98. The first-order valence-electron chi connectivity index (χ1n) is 5.62. The fourth-order valence-corrected chi connectivity index (χ4v) is 1.98. The van der Waals surface area contributed by atoms with Crippen molar-refractivity contribution in [1.82, 2.24) is 14.6 Å². The highest BCUT2D eigenvalue weighted by atomic mass is 15.2. The van der Waals surface area contributed by atoms with Gasteiger partial charge in [-0.15, -0.1) is 0 Å². The largest absolute Gasteiger partial charge is 0.252 e. The van der Waals surface area contributed by atoms with E-state index >= 15 is 0 Å². The lowest BCUT2D eigenvalue weighted by Crippen LogP contribution is -1.92. The fraction of sp³-hybridized carbons (Fsp3) is 0.143. The summed E-state index contributed by atoms with van der Waals surface area (Å²) in [6, 6.07) is 10.5. The number of nitrogens with zero attached hydrogens (tertiary/aromatic N) is 3. The Hall–Kier alpha value is -2.16. The second-order valence-corrected chi connectivity index (χ2v) is 4.26. The maximum absolute atomic E-state index is 4.46. The second-order valence-electron chi connectivity index (χ2n) is 4.26. The molecule has 0 aliphatic carbocycles. The molecule has 2 heterocycles. The molecule has 0 saturated carbocycles. The zero-order chi connectivity index (χ0) is 11.8. The summed E-state index contributed by atoms with van der Waals surface area (Å²) >= 11 is 0. The van der Waals surface area contributed by atoms with Gasteiger partial charge >= 0.3 is 0 Å². The summed E-state index contributed by atoms with van der Waals surface area (Å²) in [6.07, 6.45) is 3.66. The highest BCUT2D eigenvalue weighted by Crippen LogP contribution is 2.22. The van der Waals surface area contributed by atoms with Crippen molar-refractivity contribution >= 4 is 5.52 Å². The molecular formula is C14H13N3. The third-order valence-corrected chi connectivity index (χ3v) is 2.84. The van der Waals surface area contributed by atoms with Gasteiger partial charge < -0.3 is 0 Å². The molecule has 0 N–H and O–H groups in total. The van der Waals surface area contributed by atoms with Crippen molar-refractivity contribution in [1.29, 1.82) is 0 Å². The van der Waals surface area contributed by atoms with E-state index in [0.717, 1.165) is 22.5 Å². The minimum absolute atomic E-state index is 0.980. The van der Waals surface area contributed by atoms with E-state index in [1.54, 1.807) is 6.20 Å². The maximum atomic E-state index is 4.46. The van der Waals surface area contributed by atoms with Crippen molar-refractivity contribution in [2.45, 2.75) is 13.8 Å². The maximum Gasteiger partial charge on any atom is 0.0960 e. The van der Waals surface area contributed by atoms with Crippen LogP contribution in [0.4, 0.5) is 0 Å². The predicted molar refractivity (Wildman–Crippen MR) is 67.9 cm³/mol. The summed E-state index contributed by atoms with van der Waals surface area (Å²) in [6.45, 7) is 4.08. The first-order chi connectivity index (χ1) is 8.24. The van der Waals surface area contributed by atoms with Crippen molar-refractivity contribution in [2.24, 2.45) is 0 Å². The van der Waals surface area contributed by atoms with E-state index in [-0.39, 0.29) is 0 Å². The van der Waals surface area contributed by atoms with E-state index in [9.17, 15) is 0 Å². The minimum atomic E-state index is 0.980. The highest BCUT2D eigenvalue weighted by Gasteiger charge is 2.06. The number of rotatable bonds is 1. The molecule has 0 unspecified atom stereocenters. The van der Waals surface area contributed by atoms with E-state index in [1.807, 2.05) is 17.6 Å². The van der Waals surface area contributed by atoms with Crippen LogP contribution in [0.1, 0.15) is 11.3 Å². The normalized spacial score (nSPS) is 10.9. The highest BCUT2D eigenvalue weighted by molar-refractivity contribution is 5.76. The van der Waals surface area contributed by atoms with E-state index < -0.39 is 0 Å². The van der Waals surface area contributed by atoms with Crippen LogP contribution in [0.15, 0.2) is 42.7 Å². The molecule has 0 bridgehead atoms. The Morgan fingerprint density at radius 2 is 1.82 bits per heavy atom. The van der Waals surface area contributed by atoms with Crippen LogP contribution in [0.2, 0.25) is 0 Å². The molecule has 0 saturated heterocycles. The molecule has 3 rings (SSSR count). The molecule has 0 fully saturated rings. The third-order valence-electron chi connectivity index (χ3n) is 2.84. The van der Waals surface area contributed by atoms with Gasteiger partial charge in [-0.3, -0.25) is 4.98 Å². The molecule has 17 heavy (non-hydrogen) atoms. The Labute approximate surface area is 99.7 Å². The Morgan fingerprint density at radius 3 is 2.59 bits per heavy atom. The van der Waals surface area contributed by atoms with Crippen LogP contribution in [-0.2, 0) is 0 Å². The number of fused-ring (bicyclic) bond motifs is 1. The molecule has 3 heteroatoms. The lowest BCUT2D eigenvalue weighted by Gasteiger charge is -2.03. The predicted octanol–water partition coefficient (Wildman–Crippen LogP) is 3.01. The lowest BCUT2D eigenvalue weighted by molar-refractivity contribution is 0.924. The quantitative estimate of drug-likeness (QED) is 0.634. The second kappa shape index (κ2) is 3.70. The van der Waals surface area contributed by atoms with E-state index in [1.165, 1.54) is 5.56 Å². The Morgan fingerprint density at radius 1 is 1.06 bits per heavy atom. The van der Waals surface area contributed by atoms with Crippen LogP contribution in [0, 0.1) is 13.8 Å². The smallest absolute Gasteiger partial charge is 0.0960 e. The van der Waals surface area contributed by atoms with Gasteiger partial charge in [0.15, 0.2) is 0 Å². The van der Waals surface area contributed by atoms with Crippen LogP contribution in [0.3, 0.4) is 0 Å². The average Bonchev–Trinajstić information content (AvgIpc) is 2.70. The standard InChI is InChI=1S/C14H13N3/c1-10-3-5-12(6-4-10)14-13-9-11(2)16-17(13)8-7-15-14/h3-9H,1-2H3. The van der Waals surface area contributed by atoms with Crippen molar-refractivity contribution in [3.8, 4) is 11.3 Å². The number of hydrogen-bond donors (Lipinski definition) is 0. The van der Waals surface area contributed by atoms with Crippen LogP contribution in [-0.4, -0.2) is 14.6 Å². The minimum Gasteiger partial charge on any atom is -0.252 e. The van der Waals surface area contributed by atoms with Crippen LogP contribution in [0.25, 0.3) is 16.8 Å². The molecule has 0 spiro atoms. The Kier molecular flexibility index (Phi) is 2.18. The van der Waals surface area contributed by atoms with Crippen molar-refractivity contribution in [2.75, 3.05) is 0 Å². The molecule has 2 aromatic heterocycles. The molecule has 0 radical (unpaired) electrons. The van der Waals surface area contributed by atoms with Crippen LogP contribution < -0.4 is 0 Å². The molecular weight excluding hydrogens is 210 g/mol. The summed E-state index contributed by atoms with van der Waals surface area (Å²) in [7, 11) is 0. The van der Waals surface area contributed by atoms with E-state index in [0.29, 0.717) is 0 Å². The SMILES string of the molecule is Cc1ccc(-c2nccn3nc(C)cc23)cc1. The molecule has 3 nitrogen and oxygen atoms in total.